The minimum absolute atomic E-state index is 0.0622. The Balaban J connectivity index is 4.38. The second-order valence-corrected chi connectivity index (χ2v) is 4.86. The highest BCUT2D eigenvalue weighted by molar-refractivity contribution is 5.89. The van der Waals surface area contributed by atoms with Crippen molar-refractivity contribution in [1.29, 1.82) is 0 Å². The maximum Gasteiger partial charge on any atom is 0.307 e. The van der Waals surface area contributed by atoms with Crippen LogP contribution in [0.5, 0.6) is 0 Å². The molecule has 0 fully saturated rings. The van der Waals surface area contributed by atoms with Crippen molar-refractivity contribution in [2.24, 2.45) is 5.92 Å². The van der Waals surface area contributed by atoms with E-state index in [0.717, 1.165) is 6.42 Å². The number of Topliss-reactive ketones (excluding diaryl/α,β-unsaturated/α-hetero) is 1. The smallest absolute Gasteiger partial charge is 0.307 e. The minimum Gasteiger partial charge on any atom is -0.466 e. The fourth-order valence-corrected chi connectivity index (χ4v) is 1.49. The molecule has 0 saturated carbocycles. The highest BCUT2D eigenvalue weighted by Gasteiger charge is 2.24. The van der Waals surface area contributed by atoms with Gasteiger partial charge in [-0.1, -0.05) is 34.6 Å². The monoisotopic (exact) mass is 243 g/mol. The van der Waals surface area contributed by atoms with Crippen LogP contribution in [0.2, 0.25) is 0 Å². The molecule has 0 bridgehead atoms. The summed E-state index contributed by atoms with van der Waals surface area (Å²) in [4.78, 5) is 23.4. The Labute approximate surface area is 104 Å². The first-order valence-corrected chi connectivity index (χ1v) is 6.33. The number of carbonyl (C=O) groups excluding carboxylic acids is 2. The molecule has 0 saturated heterocycles. The summed E-state index contributed by atoms with van der Waals surface area (Å²) < 4.78 is 5.00. The lowest BCUT2D eigenvalue weighted by Crippen LogP contribution is -2.44. The van der Waals surface area contributed by atoms with Crippen LogP contribution in [0.15, 0.2) is 0 Å². The van der Waals surface area contributed by atoms with E-state index in [1.165, 1.54) is 0 Å². The molecule has 0 amide bonds. The summed E-state index contributed by atoms with van der Waals surface area (Å²) in [6.07, 6.45) is 0.918. The largest absolute Gasteiger partial charge is 0.466 e. The predicted octanol–water partition coefficient (Wildman–Crippen LogP) is 1.92. The zero-order valence-corrected chi connectivity index (χ0v) is 11.6. The van der Waals surface area contributed by atoms with E-state index in [0.29, 0.717) is 6.61 Å². The molecule has 0 unspecified atom stereocenters. The fraction of sp³-hybridized carbons (Fsp3) is 0.846. The topological polar surface area (TPSA) is 55.4 Å². The summed E-state index contributed by atoms with van der Waals surface area (Å²) in [5.41, 5.74) is 0. The second kappa shape index (κ2) is 8.23. The van der Waals surface area contributed by atoms with Crippen molar-refractivity contribution < 1.29 is 14.3 Å². The molecule has 0 radical (unpaired) electrons. The summed E-state index contributed by atoms with van der Waals surface area (Å²) in [5, 5.41) is 3.12. The third kappa shape index (κ3) is 7.10. The molecule has 0 aromatic rings. The number of nitrogens with one attached hydrogen (secondary N) is 1. The summed E-state index contributed by atoms with van der Waals surface area (Å²) in [6, 6.07) is -0.263. The van der Waals surface area contributed by atoms with Gasteiger partial charge in [-0.15, -0.1) is 0 Å². The second-order valence-electron chi connectivity index (χ2n) is 4.86. The van der Waals surface area contributed by atoms with Crippen molar-refractivity contribution in [1.82, 2.24) is 5.32 Å². The number of hydrogen-bond donors (Lipinski definition) is 1. The van der Waals surface area contributed by atoms with Crippen LogP contribution in [0.25, 0.3) is 0 Å². The van der Waals surface area contributed by atoms with Crippen LogP contribution in [-0.2, 0) is 14.3 Å². The maximum atomic E-state index is 11.9. The van der Waals surface area contributed by atoms with E-state index in [1.54, 1.807) is 0 Å². The highest BCUT2D eigenvalue weighted by atomic mass is 16.5. The molecule has 4 nitrogen and oxygen atoms in total. The summed E-state index contributed by atoms with van der Waals surface area (Å²) in [7, 11) is 0. The number of esters is 1. The summed E-state index contributed by atoms with van der Waals surface area (Å²) in [5.74, 6) is -0.323. The number of ketones is 1. The van der Waals surface area contributed by atoms with Gasteiger partial charge in [0.15, 0.2) is 5.78 Å². The third-order valence-electron chi connectivity index (χ3n) is 2.28. The zero-order valence-electron chi connectivity index (χ0n) is 11.6. The molecule has 1 atom stereocenters. The number of ether oxygens (including phenoxy) is 1. The molecule has 100 valence electrons. The van der Waals surface area contributed by atoms with E-state index in [1.807, 2.05) is 34.6 Å². The van der Waals surface area contributed by atoms with Gasteiger partial charge in [0, 0.05) is 12.0 Å². The maximum absolute atomic E-state index is 11.9. The first-order valence-electron chi connectivity index (χ1n) is 6.33. The molecule has 0 aliphatic carbocycles. The lowest BCUT2D eigenvalue weighted by Gasteiger charge is -2.21. The lowest BCUT2D eigenvalue weighted by atomic mass is 9.98. The van der Waals surface area contributed by atoms with Crippen LogP contribution in [0.3, 0.4) is 0 Å². The first kappa shape index (κ1) is 16.1. The Bertz CT molecular complexity index is 249. The van der Waals surface area contributed by atoms with Crippen molar-refractivity contribution in [3.8, 4) is 0 Å². The zero-order chi connectivity index (χ0) is 13.4. The van der Waals surface area contributed by atoms with Crippen LogP contribution in [-0.4, -0.2) is 30.4 Å². The Hall–Kier alpha value is -0.900. The van der Waals surface area contributed by atoms with Crippen molar-refractivity contribution in [3.63, 3.8) is 0 Å². The van der Waals surface area contributed by atoms with Gasteiger partial charge in [-0.25, -0.2) is 0 Å². The predicted molar refractivity (Wildman–Crippen MR) is 67.8 cm³/mol. The molecule has 0 aliphatic heterocycles. The van der Waals surface area contributed by atoms with Crippen LogP contribution in [0.1, 0.15) is 47.5 Å². The van der Waals surface area contributed by atoms with Crippen molar-refractivity contribution >= 4 is 11.8 Å². The molecular formula is C13H25NO3. The molecule has 0 aromatic carbocycles. The van der Waals surface area contributed by atoms with Crippen molar-refractivity contribution in [2.75, 3.05) is 6.61 Å². The summed E-state index contributed by atoms with van der Waals surface area (Å²) >= 11 is 0. The Morgan fingerprint density at radius 1 is 1.18 bits per heavy atom. The molecule has 1 N–H and O–H groups in total. The lowest BCUT2D eigenvalue weighted by molar-refractivity contribution is -0.146. The molecule has 0 heterocycles. The average molecular weight is 243 g/mol. The van der Waals surface area contributed by atoms with Crippen LogP contribution < -0.4 is 5.32 Å². The van der Waals surface area contributed by atoms with Gasteiger partial charge in [-0.05, 0) is 6.42 Å². The molecule has 0 rings (SSSR count). The van der Waals surface area contributed by atoms with E-state index < -0.39 is 6.04 Å². The molecule has 0 spiro atoms. The average Bonchev–Trinajstić information content (AvgIpc) is 2.23. The molecule has 17 heavy (non-hydrogen) atoms. The van der Waals surface area contributed by atoms with Gasteiger partial charge in [0.05, 0.1) is 19.1 Å². The number of hydrogen-bond acceptors (Lipinski definition) is 4. The third-order valence-corrected chi connectivity index (χ3v) is 2.28. The fourth-order valence-electron chi connectivity index (χ4n) is 1.49. The van der Waals surface area contributed by atoms with E-state index in [2.05, 4.69) is 5.32 Å². The Kier molecular flexibility index (Phi) is 7.79. The van der Waals surface area contributed by atoms with Crippen LogP contribution in [0.4, 0.5) is 0 Å². The summed E-state index contributed by atoms with van der Waals surface area (Å²) in [6.45, 7) is 9.96. The van der Waals surface area contributed by atoms with Crippen LogP contribution in [0, 0.1) is 5.92 Å². The highest BCUT2D eigenvalue weighted by Crippen LogP contribution is 2.06. The Morgan fingerprint density at radius 3 is 2.18 bits per heavy atom. The SMILES string of the molecule is CCCOC(=O)C[C@H](NC(C)C)C(=O)C(C)C. The molecule has 0 aliphatic rings. The van der Waals surface area contributed by atoms with Gasteiger partial charge < -0.3 is 10.1 Å². The number of rotatable bonds is 8. The van der Waals surface area contributed by atoms with Gasteiger partial charge in [0.2, 0.25) is 0 Å². The van der Waals surface area contributed by atoms with Gasteiger partial charge in [0.1, 0.15) is 0 Å². The van der Waals surface area contributed by atoms with E-state index in [-0.39, 0.29) is 30.1 Å². The molecule has 0 aromatic heterocycles. The van der Waals surface area contributed by atoms with Crippen LogP contribution >= 0.6 is 0 Å². The van der Waals surface area contributed by atoms with E-state index in [9.17, 15) is 9.59 Å². The van der Waals surface area contributed by atoms with Crippen molar-refractivity contribution in [2.45, 2.75) is 59.5 Å². The van der Waals surface area contributed by atoms with E-state index in [4.69, 9.17) is 4.74 Å². The van der Waals surface area contributed by atoms with Crippen molar-refractivity contribution in [3.05, 3.63) is 0 Å². The molecule has 4 heteroatoms. The quantitative estimate of drug-likeness (QED) is 0.662. The van der Waals surface area contributed by atoms with Gasteiger partial charge >= 0.3 is 5.97 Å². The number of carbonyl (C=O) groups is 2. The molecular weight excluding hydrogens is 218 g/mol. The first-order chi connectivity index (χ1) is 7.88. The van der Waals surface area contributed by atoms with Gasteiger partial charge in [-0.3, -0.25) is 9.59 Å². The Morgan fingerprint density at radius 2 is 1.76 bits per heavy atom. The van der Waals surface area contributed by atoms with Gasteiger partial charge in [0.25, 0.3) is 0 Å². The standard InChI is InChI=1S/C13H25NO3/c1-6-7-17-12(15)8-11(14-10(4)5)13(16)9(2)3/h9-11,14H,6-8H2,1-5H3/t11-/m0/s1. The normalized spacial score (nSPS) is 12.9. The van der Waals surface area contributed by atoms with Gasteiger partial charge in [-0.2, -0.15) is 0 Å². The minimum atomic E-state index is -0.431. The van der Waals surface area contributed by atoms with E-state index >= 15 is 0 Å².